The fraction of sp³-hybridized carbons (Fsp3) is 0.562. The minimum atomic E-state index is -0.433. The largest absolute Gasteiger partial charge is 0.490 e. The summed E-state index contributed by atoms with van der Waals surface area (Å²) in [6.45, 7) is 3.87. The summed E-state index contributed by atoms with van der Waals surface area (Å²) in [5.74, 6) is 0.784. The maximum atomic E-state index is 12.5. The van der Waals surface area contributed by atoms with E-state index in [2.05, 4.69) is 5.32 Å². The fourth-order valence-corrected chi connectivity index (χ4v) is 2.81. The molecule has 1 heterocycles. The van der Waals surface area contributed by atoms with Crippen molar-refractivity contribution in [1.29, 1.82) is 0 Å². The highest BCUT2D eigenvalue weighted by Gasteiger charge is 2.36. The van der Waals surface area contributed by atoms with Crippen molar-refractivity contribution >= 4 is 29.9 Å². The second-order valence-corrected chi connectivity index (χ2v) is 6.13. The van der Waals surface area contributed by atoms with Crippen molar-refractivity contribution < 1.29 is 9.53 Å². The normalized spacial score (nSPS) is 20.9. The molecule has 0 saturated carbocycles. The molecule has 1 atom stereocenters. The second-order valence-electron chi connectivity index (χ2n) is 5.72. The van der Waals surface area contributed by atoms with Crippen LogP contribution in [0.5, 0.6) is 5.75 Å². The summed E-state index contributed by atoms with van der Waals surface area (Å²) >= 11 is 6.03. The van der Waals surface area contributed by atoms with Crippen molar-refractivity contribution in [3.8, 4) is 5.75 Å². The van der Waals surface area contributed by atoms with Crippen molar-refractivity contribution in [2.24, 2.45) is 0 Å². The number of rotatable bonds is 5. The van der Waals surface area contributed by atoms with Crippen molar-refractivity contribution in [2.75, 3.05) is 26.7 Å². The average molecular weight is 347 g/mol. The average Bonchev–Trinajstić information content (AvgIpc) is 2.49. The summed E-state index contributed by atoms with van der Waals surface area (Å²) in [6.07, 6.45) is 3.13. The molecular formula is C16H24Cl2N2O2. The lowest BCUT2D eigenvalue weighted by Gasteiger charge is -2.36. The third-order valence-corrected chi connectivity index (χ3v) is 4.27. The zero-order chi connectivity index (χ0) is 15.3. The zero-order valence-corrected chi connectivity index (χ0v) is 14.7. The summed E-state index contributed by atoms with van der Waals surface area (Å²) < 4.78 is 5.63. The number of benzene rings is 1. The van der Waals surface area contributed by atoms with Crippen molar-refractivity contribution in [2.45, 2.75) is 31.7 Å². The van der Waals surface area contributed by atoms with E-state index in [9.17, 15) is 4.79 Å². The van der Waals surface area contributed by atoms with E-state index in [0.29, 0.717) is 23.9 Å². The Bertz CT molecular complexity index is 491. The van der Waals surface area contributed by atoms with Gasteiger partial charge in [0.2, 0.25) is 5.91 Å². The van der Waals surface area contributed by atoms with Crippen LogP contribution in [0.2, 0.25) is 5.02 Å². The van der Waals surface area contributed by atoms with E-state index in [1.807, 2.05) is 32.2 Å². The van der Waals surface area contributed by atoms with Crippen LogP contribution in [0, 0.1) is 0 Å². The standard InChI is InChI=1S/C16H23ClN2O2.ClH/c1-16(9-5-6-10-18-16)15(20)19(2)11-12-21-14-8-4-3-7-13(14)17;/h3-4,7-8,18H,5-6,9-12H2,1-2H3;1H. The maximum absolute atomic E-state index is 12.5. The van der Waals surface area contributed by atoms with Crippen LogP contribution >= 0.6 is 24.0 Å². The molecule has 22 heavy (non-hydrogen) atoms. The lowest BCUT2D eigenvalue weighted by Crippen LogP contribution is -2.57. The van der Waals surface area contributed by atoms with Gasteiger partial charge in [0.25, 0.3) is 0 Å². The van der Waals surface area contributed by atoms with E-state index in [-0.39, 0.29) is 18.3 Å². The fourth-order valence-electron chi connectivity index (χ4n) is 2.62. The van der Waals surface area contributed by atoms with Crippen molar-refractivity contribution in [3.63, 3.8) is 0 Å². The van der Waals surface area contributed by atoms with E-state index in [1.54, 1.807) is 11.0 Å². The number of hydrogen-bond donors (Lipinski definition) is 1. The molecule has 2 rings (SSSR count). The Labute approximate surface area is 143 Å². The Balaban J connectivity index is 0.00000242. The molecule has 0 radical (unpaired) electrons. The minimum Gasteiger partial charge on any atom is -0.490 e. The summed E-state index contributed by atoms with van der Waals surface area (Å²) in [5.41, 5.74) is -0.433. The molecule has 0 spiro atoms. The molecule has 1 amide bonds. The van der Waals surface area contributed by atoms with E-state index in [4.69, 9.17) is 16.3 Å². The first-order valence-electron chi connectivity index (χ1n) is 7.41. The van der Waals surface area contributed by atoms with Gasteiger partial charge in [0, 0.05) is 7.05 Å². The summed E-state index contributed by atoms with van der Waals surface area (Å²) in [7, 11) is 1.82. The van der Waals surface area contributed by atoms with Crippen LogP contribution in [0.25, 0.3) is 0 Å². The van der Waals surface area contributed by atoms with E-state index in [0.717, 1.165) is 25.8 Å². The molecule has 1 aromatic carbocycles. The Morgan fingerprint density at radius 2 is 2.14 bits per heavy atom. The van der Waals surface area contributed by atoms with Gasteiger partial charge in [-0.2, -0.15) is 0 Å². The third-order valence-electron chi connectivity index (χ3n) is 3.96. The van der Waals surface area contributed by atoms with Crippen molar-refractivity contribution in [3.05, 3.63) is 29.3 Å². The topological polar surface area (TPSA) is 41.6 Å². The first-order chi connectivity index (χ1) is 10.0. The van der Waals surface area contributed by atoms with Gasteiger partial charge in [-0.25, -0.2) is 0 Å². The van der Waals surface area contributed by atoms with Gasteiger partial charge in [-0.1, -0.05) is 23.7 Å². The van der Waals surface area contributed by atoms with E-state index < -0.39 is 5.54 Å². The maximum Gasteiger partial charge on any atom is 0.242 e. The first kappa shape index (κ1) is 19.1. The number of halogens is 2. The highest BCUT2D eigenvalue weighted by Crippen LogP contribution is 2.23. The number of ether oxygens (including phenoxy) is 1. The van der Waals surface area contributed by atoms with Crippen LogP contribution < -0.4 is 10.1 Å². The van der Waals surface area contributed by atoms with Gasteiger partial charge >= 0.3 is 0 Å². The summed E-state index contributed by atoms with van der Waals surface area (Å²) in [5, 5.41) is 3.93. The van der Waals surface area contributed by atoms with Gasteiger partial charge in [-0.15, -0.1) is 12.4 Å². The number of hydrogen-bond acceptors (Lipinski definition) is 3. The number of carbonyl (C=O) groups is 1. The van der Waals surface area contributed by atoms with Gasteiger partial charge in [-0.3, -0.25) is 4.79 Å². The monoisotopic (exact) mass is 346 g/mol. The number of likely N-dealkylation sites (N-methyl/N-ethyl adjacent to an activating group) is 1. The molecule has 0 aromatic heterocycles. The Morgan fingerprint density at radius 3 is 2.77 bits per heavy atom. The highest BCUT2D eigenvalue weighted by molar-refractivity contribution is 6.32. The second kappa shape index (κ2) is 8.61. The molecule has 4 nitrogen and oxygen atoms in total. The number of carbonyl (C=O) groups excluding carboxylic acids is 1. The van der Waals surface area contributed by atoms with Gasteiger partial charge in [-0.05, 0) is 44.9 Å². The van der Waals surface area contributed by atoms with Crippen LogP contribution in [0.4, 0.5) is 0 Å². The predicted molar refractivity (Wildman–Crippen MR) is 92.1 cm³/mol. The number of amides is 1. The molecule has 6 heteroatoms. The predicted octanol–water partition coefficient (Wildman–Crippen LogP) is 3.13. The summed E-state index contributed by atoms with van der Waals surface area (Å²) in [4.78, 5) is 14.2. The van der Waals surface area contributed by atoms with Crippen LogP contribution in [0.3, 0.4) is 0 Å². The smallest absolute Gasteiger partial charge is 0.242 e. The van der Waals surface area contributed by atoms with Crippen LogP contribution in [0.15, 0.2) is 24.3 Å². The molecule has 1 aromatic rings. The number of para-hydroxylation sites is 1. The molecule has 1 aliphatic heterocycles. The molecule has 1 N–H and O–H groups in total. The highest BCUT2D eigenvalue weighted by atomic mass is 35.5. The molecule has 0 aliphatic carbocycles. The first-order valence-corrected chi connectivity index (χ1v) is 7.79. The molecule has 1 fully saturated rings. The summed E-state index contributed by atoms with van der Waals surface area (Å²) in [6, 6.07) is 7.36. The van der Waals surface area contributed by atoms with Gasteiger partial charge in [0.1, 0.15) is 12.4 Å². The van der Waals surface area contributed by atoms with Crippen LogP contribution in [-0.4, -0.2) is 43.1 Å². The van der Waals surface area contributed by atoms with Gasteiger partial charge in [0.05, 0.1) is 17.1 Å². The quantitative estimate of drug-likeness (QED) is 0.890. The van der Waals surface area contributed by atoms with Crippen LogP contribution in [-0.2, 0) is 4.79 Å². The third kappa shape index (κ3) is 4.77. The van der Waals surface area contributed by atoms with Gasteiger partial charge < -0.3 is 15.0 Å². The lowest BCUT2D eigenvalue weighted by atomic mass is 9.89. The zero-order valence-electron chi connectivity index (χ0n) is 13.1. The van der Waals surface area contributed by atoms with Crippen molar-refractivity contribution in [1.82, 2.24) is 10.2 Å². The van der Waals surface area contributed by atoms with Gasteiger partial charge in [0.15, 0.2) is 0 Å². The Morgan fingerprint density at radius 1 is 1.41 bits per heavy atom. The molecule has 1 saturated heterocycles. The minimum absolute atomic E-state index is 0. The molecule has 0 bridgehead atoms. The van der Waals surface area contributed by atoms with Crippen LogP contribution in [0.1, 0.15) is 26.2 Å². The number of nitrogens with one attached hydrogen (secondary N) is 1. The Kier molecular flexibility index (Phi) is 7.46. The molecule has 1 unspecified atom stereocenters. The molecular weight excluding hydrogens is 323 g/mol. The molecule has 1 aliphatic rings. The number of nitrogens with zero attached hydrogens (tertiary/aromatic N) is 1. The Hall–Kier alpha value is -0.970. The van der Waals surface area contributed by atoms with E-state index >= 15 is 0 Å². The lowest BCUT2D eigenvalue weighted by molar-refractivity contribution is -0.137. The number of piperidine rings is 1. The van der Waals surface area contributed by atoms with E-state index in [1.165, 1.54) is 0 Å². The SMILES string of the molecule is CN(CCOc1ccccc1Cl)C(=O)C1(C)CCCCN1.Cl. The molecule has 124 valence electrons.